The molecule has 0 atom stereocenters. The second-order valence-corrected chi connectivity index (χ2v) is 7.72. The van der Waals surface area contributed by atoms with Crippen LogP contribution in [0.4, 0.5) is 0 Å². The van der Waals surface area contributed by atoms with E-state index in [1.807, 2.05) is 53.0 Å². The normalized spacial score (nSPS) is 19.9. The lowest BCUT2D eigenvalue weighted by Gasteiger charge is -2.32. The van der Waals surface area contributed by atoms with Gasteiger partial charge in [0.05, 0.1) is 23.1 Å². The van der Waals surface area contributed by atoms with Crippen molar-refractivity contribution < 1.29 is 9.31 Å². The fourth-order valence-corrected chi connectivity index (χ4v) is 3.08. The maximum atomic E-state index is 6.14. The quantitative estimate of drug-likeness (QED) is 0.798. The summed E-state index contributed by atoms with van der Waals surface area (Å²) in [6.45, 7) is 13.9. The van der Waals surface area contributed by atoms with Crippen molar-refractivity contribution in [2.45, 2.75) is 45.8 Å². The molecule has 0 aromatic carbocycles. The van der Waals surface area contributed by atoms with E-state index in [4.69, 9.17) is 14.3 Å². The third-order valence-corrected chi connectivity index (χ3v) is 5.49. The van der Waals surface area contributed by atoms with Crippen molar-refractivity contribution in [2.75, 3.05) is 0 Å². The van der Waals surface area contributed by atoms with E-state index in [1.54, 1.807) is 27.9 Å². The van der Waals surface area contributed by atoms with Gasteiger partial charge >= 0.3 is 7.12 Å². The summed E-state index contributed by atoms with van der Waals surface area (Å²) in [5, 5.41) is 6.18. The Bertz CT molecular complexity index is 797. The van der Waals surface area contributed by atoms with E-state index in [0.29, 0.717) is 0 Å². The molecule has 3 rings (SSSR count). The van der Waals surface area contributed by atoms with Crippen molar-refractivity contribution in [3.05, 3.63) is 42.2 Å². The minimum atomic E-state index is -0.476. The van der Waals surface area contributed by atoms with Crippen LogP contribution in [-0.4, -0.2) is 32.9 Å². The number of nitrogens with zero attached hydrogens (tertiary/aromatic N) is 3. The molecule has 1 saturated heterocycles. The molecule has 0 spiro atoms. The van der Waals surface area contributed by atoms with E-state index >= 15 is 0 Å². The Morgan fingerprint density at radius 2 is 1.96 bits per heavy atom. The fraction of sp³-hybridized carbons (Fsp3) is 0.412. The van der Waals surface area contributed by atoms with Crippen molar-refractivity contribution in [3.8, 4) is 0 Å². The topological polar surface area (TPSA) is 48.7 Å². The maximum absolute atomic E-state index is 6.14. The average molecular weight is 343 g/mol. The lowest BCUT2D eigenvalue weighted by molar-refractivity contribution is 0.00578. The highest BCUT2D eigenvalue weighted by molar-refractivity contribution is 8.10. The van der Waals surface area contributed by atoms with E-state index in [-0.39, 0.29) is 0 Å². The van der Waals surface area contributed by atoms with Crippen LogP contribution in [0.2, 0.25) is 0 Å². The van der Waals surface area contributed by atoms with Gasteiger partial charge in [-0.25, -0.2) is 9.50 Å². The number of aromatic nitrogens is 3. The number of thioether (sulfide) groups is 1. The highest BCUT2D eigenvalue weighted by Crippen LogP contribution is 2.36. The van der Waals surface area contributed by atoms with Gasteiger partial charge in [0, 0.05) is 16.6 Å². The molecule has 5 nitrogen and oxygen atoms in total. The van der Waals surface area contributed by atoms with Crippen LogP contribution in [0.3, 0.4) is 0 Å². The first kappa shape index (κ1) is 17.3. The minimum Gasteiger partial charge on any atom is -0.399 e. The first-order valence-corrected chi connectivity index (χ1v) is 8.81. The number of rotatable bonds is 4. The summed E-state index contributed by atoms with van der Waals surface area (Å²) in [5.41, 5.74) is 1.69. The maximum Gasteiger partial charge on any atom is 0.500 e. The van der Waals surface area contributed by atoms with Gasteiger partial charge < -0.3 is 9.31 Å². The molecule has 0 N–H and O–H groups in total. The van der Waals surface area contributed by atoms with Crippen molar-refractivity contribution in [1.82, 2.24) is 14.6 Å². The van der Waals surface area contributed by atoms with E-state index in [0.717, 1.165) is 21.7 Å². The fourth-order valence-electron chi connectivity index (χ4n) is 2.53. The van der Waals surface area contributed by atoms with Crippen LogP contribution >= 0.6 is 11.8 Å². The van der Waals surface area contributed by atoms with E-state index in [2.05, 4.69) is 11.7 Å². The monoisotopic (exact) mass is 343 g/mol. The minimum absolute atomic E-state index is 0.392. The number of fused-ring (bicyclic) bond motifs is 1. The largest absolute Gasteiger partial charge is 0.500 e. The van der Waals surface area contributed by atoms with Gasteiger partial charge in [-0.15, -0.1) is 0 Å². The zero-order chi connectivity index (χ0) is 17.5. The molecule has 0 bridgehead atoms. The SMILES string of the molecule is C=CS/C(=C\C)c1ccn2ncc(B3OC(C)(C)C(C)(C)O3)c2n1. The van der Waals surface area contributed by atoms with E-state index in [1.165, 1.54) is 0 Å². The first-order chi connectivity index (χ1) is 11.3. The molecule has 24 heavy (non-hydrogen) atoms. The molecule has 0 aliphatic carbocycles. The van der Waals surface area contributed by atoms with Crippen LogP contribution in [0.25, 0.3) is 10.6 Å². The van der Waals surface area contributed by atoms with Gasteiger partial charge in [0.1, 0.15) is 0 Å². The molecule has 1 aliphatic rings. The summed E-state index contributed by atoms with van der Waals surface area (Å²) in [6.07, 6.45) is 5.69. The van der Waals surface area contributed by atoms with E-state index in [9.17, 15) is 0 Å². The van der Waals surface area contributed by atoms with Crippen molar-refractivity contribution >= 4 is 34.9 Å². The average Bonchev–Trinajstić information content (AvgIpc) is 3.02. The summed E-state index contributed by atoms with van der Waals surface area (Å²) >= 11 is 1.55. The van der Waals surface area contributed by atoms with Crippen LogP contribution in [0.15, 0.2) is 36.5 Å². The number of hydrogen-bond acceptors (Lipinski definition) is 5. The third kappa shape index (κ3) is 2.81. The molecular weight excluding hydrogens is 321 g/mol. The Hall–Kier alpha value is -1.57. The summed E-state index contributed by atoms with van der Waals surface area (Å²) in [5.74, 6) is 0. The van der Waals surface area contributed by atoms with Gasteiger partial charge in [0.2, 0.25) is 0 Å². The summed E-state index contributed by atoms with van der Waals surface area (Å²) in [6, 6.07) is 1.94. The second kappa shape index (κ2) is 6.06. The smallest absolute Gasteiger partial charge is 0.399 e. The lowest BCUT2D eigenvalue weighted by Crippen LogP contribution is -2.41. The molecule has 1 aliphatic heterocycles. The summed E-state index contributed by atoms with van der Waals surface area (Å²) in [7, 11) is -0.476. The molecular formula is C17H22BN3O2S. The first-order valence-electron chi connectivity index (χ1n) is 7.93. The Balaban J connectivity index is 2.03. The van der Waals surface area contributed by atoms with Gasteiger partial charge in [0.15, 0.2) is 5.65 Å². The molecule has 2 aromatic rings. The molecule has 0 unspecified atom stereocenters. The van der Waals surface area contributed by atoms with Crippen molar-refractivity contribution in [1.29, 1.82) is 0 Å². The third-order valence-electron chi connectivity index (χ3n) is 4.63. The van der Waals surface area contributed by atoms with Gasteiger partial charge in [-0.3, -0.25) is 0 Å². The Morgan fingerprint density at radius 3 is 2.54 bits per heavy atom. The van der Waals surface area contributed by atoms with Crippen LogP contribution in [0.1, 0.15) is 40.3 Å². The van der Waals surface area contributed by atoms with Gasteiger partial charge in [-0.1, -0.05) is 24.4 Å². The molecule has 0 amide bonds. The van der Waals surface area contributed by atoms with Gasteiger partial charge in [-0.2, -0.15) is 5.10 Å². The van der Waals surface area contributed by atoms with Crippen LogP contribution in [0, 0.1) is 0 Å². The van der Waals surface area contributed by atoms with Crippen LogP contribution in [0.5, 0.6) is 0 Å². The van der Waals surface area contributed by atoms with Crippen molar-refractivity contribution in [3.63, 3.8) is 0 Å². The van der Waals surface area contributed by atoms with Crippen LogP contribution < -0.4 is 5.46 Å². The highest BCUT2D eigenvalue weighted by atomic mass is 32.2. The summed E-state index contributed by atoms with van der Waals surface area (Å²) in [4.78, 5) is 5.82. The number of allylic oxidation sites excluding steroid dienone is 1. The van der Waals surface area contributed by atoms with Gasteiger partial charge in [-0.05, 0) is 46.1 Å². The Morgan fingerprint density at radius 1 is 1.29 bits per heavy atom. The second-order valence-electron chi connectivity index (χ2n) is 6.71. The highest BCUT2D eigenvalue weighted by Gasteiger charge is 2.52. The van der Waals surface area contributed by atoms with Gasteiger partial charge in [0.25, 0.3) is 0 Å². The molecule has 0 saturated carbocycles. The standard InChI is InChI=1S/C17H22BN3O2S/c1-7-14(24-8-2)13-9-10-21-15(20-13)12(11-19-21)18-22-16(3,4)17(5,6)23-18/h7-11H,2H2,1,3-6H3/b14-7-. The molecule has 2 aromatic heterocycles. The lowest BCUT2D eigenvalue weighted by atomic mass is 9.81. The zero-order valence-corrected chi connectivity index (χ0v) is 15.6. The molecule has 0 radical (unpaired) electrons. The van der Waals surface area contributed by atoms with E-state index < -0.39 is 18.3 Å². The van der Waals surface area contributed by atoms with Crippen LogP contribution in [-0.2, 0) is 9.31 Å². The Labute approximate surface area is 147 Å². The zero-order valence-electron chi connectivity index (χ0n) is 14.7. The molecule has 1 fully saturated rings. The predicted molar refractivity (Wildman–Crippen MR) is 100 cm³/mol. The summed E-state index contributed by atoms with van der Waals surface area (Å²) < 4.78 is 14.0. The Kier molecular flexibility index (Phi) is 4.36. The predicted octanol–water partition coefficient (Wildman–Crippen LogP) is 3.27. The molecule has 126 valence electrons. The molecule has 3 heterocycles. The number of hydrogen-bond donors (Lipinski definition) is 0. The van der Waals surface area contributed by atoms with Crippen molar-refractivity contribution in [2.24, 2.45) is 0 Å². The molecule has 7 heteroatoms.